The average molecular weight is 333 g/mol. The van der Waals surface area contributed by atoms with Crippen LogP contribution in [-0.2, 0) is 0 Å². The Hall–Kier alpha value is -1.08. The van der Waals surface area contributed by atoms with Gasteiger partial charge < -0.3 is 15.3 Å². The molecule has 6 heteroatoms. The normalized spacial score (nSPS) is 10.4. The Morgan fingerprint density at radius 2 is 1.63 bits per heavy atom. The van der Waals surface area contributed by atoms with Gasteiger partial charge in [0.1, 0.15) is 0 Å². The van der Waals surface area contributed by atoms with Gasteiger partial charge in [0.05, 0.1) is 19.8 Å². The molecule has 0 unspecified atom stereocenters. The van der Waals surface area contributed by atoms with E-state index in [1.165, 1.54) is 0 Å². The summed E-state index contributed by atoms with van der Waals surface area (Å²) < 4.78 is 0.650. The predicted molar refractivity (Wildman–Crippen MR) is 74.3 cm³/mol. The van der Waals surface area contributed by atoms with Crippen molar-refractivity contribution in [2.75, 3.05) is 19.8 Å². The van der Waals surface area contributed by atoms with Crippen molar-refractivity contribution in [3.8, 4) is 0 Å². The lowest BCUT2D eigenvalue weighted by atomic mass is 9.95. The van der Waals surface area contributed by atoms with Gasteiger partial charge in [0.2, 0.25) is 0 Å². The highest BCUT2D eigenvalue weighted by Gasteiger charge is 2.20. The molecule has 0 radical (unpaired) electrons. The minimum atomic E-state index is -0.708. The van der Waals surface area contributed by atoms with E-state index in [1.54, 1.807) is 25.1 Å². The summed E-state index contributed by atoms with van der Waals surface area (Å²) in [6, 6.07) is 5.03. The van der Waals surface area contributed by atoms with E-state index >= 15 is 0 Å². The number of carbonyl (C=O) groups excluding carboxylic acids is 2. The Morgan fingerprint density at radius 1 is 1.11 bits per heavy atom. The minimum Gasteiger partial charge on any atom is -0.396 e. The molecular weight excluding hydrogens is 316 g/mol. The van der Waals surface area contributed by atoms with Crippen molar-refractivity contribution in [3.05, 3.63) is 33.8 Å². The topological polar surface area (TPSA) is 94.8 Å². The van der Waals surface area contributed by atoms with Gasteiger partial charge in [-0.1, -0.05) is 35.0 Å². The molecule has 106 valence electrons. The second kappa shape index (κ2) is 8.92. The maximum Gasteiger partial charge on any atom is 0.151 e. The van der Waals surface area contributed by atoms with E-state index in [-0.39, 0.29) is 19.8 Å². The van der Waals surface area contributed by atoms with E-state index in [9.17, 15) is 9.59 Å². The summed E-state index contributed by atoms with van der Waals surface area (Å²) >= 11 is 3.16. The number of hydrogen-bond acceptors (Lipinski definition) is 5. The summed E-state index contributed by atoms with van der Waals surface area (Å²) in [4.78, 5) is 20.8. The van der Waals surface area contributed by atoms with Crippen molar-refractivity contribution in [3.63, 3.8) is 0 Å². The number of carbonyl (C=O) groups is 2. The molecule has 0 atom stereocenters. The van der Waals surface area contributed by atoms with Gasteiger partial charge >= 0.3 is 0 Å². The zero-order valence-corrected chi connectivity index (χ0v) is 12.1. The molecule has 0 spiro atoms. The molecule has 0 bridgehead atoms. The molecule has 3 N–H and O–H groups in total. The van der Waals surface area contributed by atoms with Gasteiger partial charge in [-0.25, -0.2) is 0 Å². The summed E-state index contributed by atoms with van der Waals surface area (Å²) in [5.41, 5.74) is 0.108. The third-order valence-corrected chi connectivity index (χ3v) is 3.17. The standard InChI is InChI=1S/C8H5BrO2.C5H12O3/c9-8-3-1-2-6(4-10)7(8)5-11;1-5(2-6,3-7)4-8/h1-5H;6-8H,2-4H2,1H3. The lowest BCUT2D eigenvalue weighted by Crippen LogP contribution is -2.29. The van der Waals surface area contributed by atoms with Gasteiger partial charge in [-0.3, -0.25) is 9.59 Å². The molecule has 1 aromatic rings. The van der Waals surface area contributed by atoms with Crippen LogP contribution in [0.3, 0.4) is 0 Å². The third-order valence-electron chi connectivity index (χ3n) is 2.48. The number of hydrogen-bond donors (Lipinski definition) is 3. The zero-order valence-electron chi connectivity index (χ0n) is 10.5. The Bertz CT molecular complexity index is 407. The highest BCUT2D eigenvalue weighted by Crippen LogP contribution is 2.17. The Labute approximate surface area is 120 Å². The fraction of sp³-hybridized carbons (Fsp3) is 0.385. The van der Waals surface area contributed by atoms with Crippen molar-refractivity contribution < 1.29 is 24.9 Å². The van der Waals surface area contributed by atoms with Gasteiger partial charge in [0.15, 0.2) is 12.6 Å². The molecule has 0 fully saturated rings. The van der Waals surface area contributed by atoms with Crippen LogP contribution in [-0.4, -0.2) is 47.7 Å². The van der Waals surface area contributed by atoms with Crippen LogP contribution >= 0.6 is 15.9 Å². The van der Waals surface area contributed by atoms with E-state index in [2.05, 4.69) is 15.9 Å². The molecule has 0 aliphatic heterocycles. The summed E-state index contributed by atoms with van der Waals surface area (Å²) in [7, 11) is 0. The molecular formula is C13H17BrO5. The summed E-state index contributed by atoms with van der Waals surface area (Å²) in [6.07, 6.45) is 1.32. The minimum absolute atomic E-state index is 0.181. The largest absolute Gasteiger partial charge is 0.396 e. The van der Waals surface area contributed by atoms with Gasteiger partial charge in [-0.05, 0) is 6.07 Å². The first-order valence-electron chi connectivity index (χ1n) is 5.49. The third kappa shape index (κ3) is 5.61. The summed E-state index contributed by atoms with van der Waals surface area (Å²) in [5, 5.41) is 25.4. The van der Waals surface area contributed by atoms with Crippen molar-refractivity contribution in [2.45, 2.75) is 6.92 Å². The van der Waals surface area contributed by atoms with Crippen LogP contribution in [0.25, 0.3) is 0 Å². The lowest BCUT2D eigenvalue weighted by molar-refractivity contribution is 0.0200. The smallest absolute Gasteiger partial charge is 0.151 e. The number of rotatable bonds is 5. The number of aliphatic hydroxyl groups excluding tert-OH is 3. The van der Waals surface area contributed by atoms with Crippen LogP contribution in [0.1, 0.15) is 27.6 Å². The monoisotopic (exact) mass is 332 g/mol. The number of halogens is 1. The highest BCUT2D eigenvalue weighted by atomic mass is 79.9. The lowest BCUT2D eigenvalue weighted by Gasteiger charge is -2.20. The fourth-order valence-corrected chi connectivity index (χ4v) is 1.41. The van der Waals surface area contributed by atoms with Crippen LogP contribution in [0, 0.1) is 5.41 Å². The van der Waals surface area contributed by atoms with Gasteiger partial charge in [-0.15, -0.1) is 0 Å². The Kier molecular flexibility index (Phi) is 8.42. The van der Waals surface area contributed by atoms with Gasteiger partial charge in [0.25, 0.3) is 0 Å². The highest BCUT2D eigenvalue weighted by molar-refractivity contribution is 9.10. The quantitative estimate of drug-likeness (QED) is 0.700. The fourth-order valence-electron chi connectivity index (χ4n) is 0.931. The van der Waals surface area contributed by atoms with E-state index in [1.807, 2.05) is 0 Å². The number of aldehydes is 2. The van der Waals surface area contributed by atoms with Gasteiger partial charge in [0, 0.05) is 21.0 Å². The van der Waals surface area contributed by atoms with E-state index in [0.717, 1.165) is 0 Å². The van der Waals surface area contributed by atoms with Crippen molar-refractivity contribution in [2.24, 2.45) is 5.41 Å². The molecule has 5 nitrogen and oxygen atoms in total. The van der Waals surface area contributed by atoms with E-state index < -0.39 is 5.41 Å². The predicted octanol–water partition coefficient (Wildman–Crippen LogP) is 1.04. The van der Waals surface area contributed by atoms with Crippen molar-refractivity contribution >= 4 is 28.5 Å². The zero-order chi connectivity index (χ0) is 14.9. The van der Waals surface area contributed by atoms with Crippen LogP contribution in [0.15, 0.2) is 22.7 Å². The molecule has 0 aliphatic rings. The molecule has 1 aromatic carbocycles. The summed E-state index contributed by atoms with van der Waals surface area (Å²) in [6.45, 7) is 1.06. The molecule has 0 heterocycles. The van der Waals surface area contributed by atoms with Gasteiger partial charge in [-0.2, -0.15) is 0 Å². The van der Waals surface area contributed by atoms with E-state index in [4.69, 9.17) is 15.3 Å². The maximum atomic E-state index is 10.4. The van der Waals surface area contributed by atoms with Crippen LogP contribution in [0.4, 0.5) is 0 Å². The molecule has 0 amide bonds. The van der Waals surface area contributed by atoms with Crippen molar-refractivity contribution in [1.82, 2.24) is 0 Å². The molecule has 0 aliphatic carbocycles. The molecule has 19 heavy (non-hydrogen) atoms. The Morgan fingerprint density at radius 3 is 1.89 bits per heavy atom. The summed E-state index contributed by atoms with van der Waals surface area (Å²) in [5.74, 6) is 0. The average Bonchev–Trinajstić information content (AvgIpc) is 2.46. The van der Waals surface area contributed by atoms with Crippen molar-refractivity contribution in [1.29, 1.82) is 0 Å². The maximum absolute atomic E-state index is 10.4. The van der Waals surface area contributed by atoms with Crippen LogP contribution in [0.5, 0.6) is 0 Å². The molecule has 0 saturated carbocycles. The first kappa shape index (κ1) is 17.9. The molecule has 0 saturated heterocycles. The SMILES string of the molecule is CC(CO)(CO)CO.O=Cc1cccc(Br)c1C=O. The molecule has 0 aromatic heterocycles. The molecule has 1 rings (SSSR count). The number of aliphatic hydroxyl groups is 3. The second-order valence-electron chi connectivity index (χ2n) is 4.26. The van der Waals surface area contributed by atoms with Crippen LogP contribution in [0.2, 0.25) is 0 Å². The van der Waals surface area contributed by atoms with Crippen LogP contribution < -0.4 is 0 Å². The first-order valence-corrected chi connectivity index (χ1v) is 6.28. The number of benzene rings is 1. The Balaban J connectivity index is 0.000000362. The first-order chi connectivity index (χ1) is 8.97. The second-order valence-corrected chi connectivity index (χ2v) is 5.12. The van der Waals surface area contributed by atoms with E-state index in [0.29, 0.717) is 28.2 Å².